The zero-order valence-corrected chi connectivity index (χ0v) is 62.3. The third kappa shape index (κ3) is 11.5. The molecule has 14 aromatic rings. The molecule has 103 heavy (non-hydrogen) atoms. The second-order valence-electron chi connectivity index (χ2n) is 33.1. The first-order valence-electron chi connectivity index (χ1n) is 36.9. The Kier molecular flexibility index (Phi) is 16.2. The number of hydrogen-bond acceptors (Lipinski definition) is 3. The van der Waals surface area contributed by atoms with Crippen LogP contribution >= 0.6 is 0 Å². The molecule has 2 aliphatic heterocycles. The zero-order chi connectivity index (χ0) is 71.5. The van der Waals surface area contributed by atoms with Crippen LogP contribution in [0.2, 0.25) is 0 Å². The fraction of sp³-hybridized carbons (Fsp3) is 0.204. The number of rotatable bonds is 14. The Hall–Kier alpha value is -10.9. The summed E-state index contributed by atoms with van der Waals surface area (Å²) in [5.74, 6) is 0. The van der Waals surface area contributed by atoms with E-state index >= 15 is 0 Å². The van der Waals surface area contributed by atoms with E-state index in [1.807, 2.05) is 0 Å². The van der Waals surface area contributed by atoms with Crippen LogP contribution in [0.4, 0.5) is 51.2 Å². The number of aromatic nitrogens is 1. The van der Waals surface area contributed by atoms with Crippen molar-refractivity contribution in [1.82, 2.24) is 4.57 Å². The largest absolute Gasteiger partial charge is 0.311 e. The second kappa shape index (κ2) is 25.0. The minimum atomic E-state index is -0.326. The number of anilines is 9. The van der Waals surface area contributed by atoms with Crippen molar-refractivity contribution in [2.45, 2.75) is 129 Å². The smallest absolute Gasteiger partial charge is 0.252 e. The molecule has 508 valence electrons. The van der Waals surface area contributed by atoms with Gasteiger partial charge in [0.2, 0.25) is 0 Å². The van der Waals surface area contributed by atoms with Crippen LogP contribution in [0.3, 0.4) is 0 Å². The van der Waals surface area contributed by atoms with E-state index in [2.05, 4.69) is 426 Å². The van der Waals surface area contributed by atoms with Gasteiger partial charge in [-0.25, -0.2) is 0 Å². The number of nitrogens with zero attached hydrogens (tertiary/aromatic N) is 4. The third-order valence-electron chi connectivity index (χ3n) is 23.3. The van der Waals surface area contributed by atoms with Crippen molar-refractivity contribution in [3.8, 4) is 5.69 Å². The number of hydrogen-bond donors (Lipinski definition) is 0. The minimum Gasteiger partial charge on any atom is -0.311 e. The fourth-order valence-corrected chi connectivity index (χ4v) is 16.6. The number of benzene rings is 13. The molecule has 0 radical (unpaired) electrons. The molecule has 0 fully saturated rings. The van der Waals surface area contributed by atoms with Gasteiger partial charge in [-0.1, -0.05) is 297 Å². The van der Waals surface area contributed by atoms with Crippen molar-refractivity contribution < 1.29 is 0 Å². The molecule has 0 bridgehead atoms. The summed E-state index contributed by atoms with van der Waals surface area (Å²) in [6.45, 7) is 32.7. The Morgan fingerprint density at radius 2 is 0.544 bits per heavy atom. The summed E-state index contributed by atoms with van der Waals surface area (Å²) in [5, 5.41) is 2.55. The molecule has 0 spiro atoms. The van der Waals surface area contributed by atoms with Crippen molar-refractivity contribution >= 4 is 96.1 Å². The number of para-hydroxylation sites is 1. The Morgan fingerprint density at radius 3 is 0.903 bits per heavy atom. The zero-order valence-electron chi connectivity index (χ0n) is 62.3. The molecule has 0 saturated heterocycles. The van der Waals surface area contributed by atoms with Gasteiger partial charge >= 0.3 is 0 Å². The Balaban J connectivity index is 0.966. The fourth-order valence-electron chi connectivity index (χ4n) is 16.6. The highest BCUT2D eigenvalue weighted by molar-refractivity contribution is 7.00. The molecule has 0 N–H and O–H groups in total. The van der Waals surface area contributed by atoms with Gasteiger partial charge in [0.05, 0.1) is 16.7 Å². The average Bonchev–Trinajstić information content (AvgIpc) is 1.35. The molecule has 0 unspecified atom stereocenters. The van der Waals surface area contributed by atoms with Gasteiger partial charge in [0, 0.05) is 83.6 Å². The normalized spacial score (nSPS) is 13.3. The topological polar surface area (TPSA) is 14.7 Å². The summed E-state index contributed by atoms with van der Waals surface area (Å²) < 4.78 is 2.48. The lowest BCUT2D eigenvalue weighted by Crippen LogP contribution is -2.61. The van der Waals surface area contributed by atoms with Gasteiger partial charge in [-0.2, -0.15) is 0 Å². The molecule has 0 amide bonds. The maximum Gasteiger partial charge on any atom is 0.252 e. The summed E-state index contributed by atoms with van der Waals surface area (Å²) in [6.07, 6.45) is 0. The first-order valence-corrected chi connectivity index (χ1v) is 36.9. The Morgan fingerprint density at radius 1 is 0.243 bits per heavy atom. The maximum absolute atomic E-state index is 2.60. The van der Waals surface area contributed by atoms with Crippen LogP contribution in [-0.2, 0) is 32.5 Å². The van der Waals surface area contributed by atoms with Crippen LogP contribution < -0.4 is 31.1 Å². The molecule has 13 aromatic carbocycles. The maximum atomic E-state index is 2.60. The molecule has 0 saturated carbocycles. The van der Waals surface area contributed by atoms with Crippen LogP contribution in [0, 0.1) is 0 Å². The highest BCUT2D eigenvalue weighted by Crippen LogP contribution is 2.51. The van der Waals surface area contributed by atoms with E-state index in [9.17, 15) is 0 Å². The Labute approximate surface area is 611 Å². The van der Waals surface area contributed by atoms with Gasteiger partial charge < -0.3 is 19.3 Å². The molecule has 0 aliphatic carbocycles. The lowest BCUT2D eigenvalue weighted by molar-refractivity contribution is 0.590. The standard InChI is InChI=1S/C98H93BN4/c1-93(2,3)72-44-56-86-82(60-72)83-61-73(94(4,5)6)45-57-87(83)101(86)80-54-52-77(53-55-80)100(76-38-28-19-29-39-76)81-64-90-92-91(65-81)103(79-50-42-71(43-51-79)96(9,10)67-32-22-16-23-33-67)89-59-47-75(98(13,14)69-36-26-18-27-37-69)63-85(89)99(92)84-62-74(97(11,12)68-34-24-17-25-35-68)46-58-88(84)102(90)78-48-40-70(41-49-78)95(7,8)66-30-20-15-21-31-66/h15-65H,1-14H3. The highest BCUT2D eigenvalue weighted by Gasteiger charge is 2.46. The van der Waals surface area contributed by atoms with Gasteiger partial charge in [-0.15, -0.1) is 0 Å². The molecule has 4 nitrogen and oxygen atoms in total. The molecular weight excluding hydrogens is 1240 g/mol. The van der Waals surface area contributed by atoms with Crippen molar-refractivity contribution in [2.75, 3.05) is 14.7 Å². The monoisotopic (exact) mass is 1340 g/mol. The average molecular weight is 1340 g/mol. The van der Waals surface area contributed by atoms with Gasteiger partial charge in [0.1, 0.15) is 0 Å². The SMILES string of the molecule is CC(C)(C)c1ccc2c(c1)c1cc(C(C)(C)C)ccc1n2-c1ccc(N(c2ccccc2)c2cc3c4c(c2)N(c2ccc(C(C)(C)c5ccccc5)cc2)c2ccc(C(C)(C)c5ccccc5)cc2B4c2cc(C(C)(C)c4ccccc4)ccc2N3c2ccc(C(C)(C)c3ccccc3)cc2)cc1. The van der Waals surface area contributed by atoms with Crippen molar-refractivity contribution in [3.05, 3.63) is 365 Å². The third-order valence-corrected chi connectivity index (χ3v) is 23.3. The predicted octanol–water partition coefficient (Wildman–Crippen LogP) is 24.2. The van der Waals surface area contributed by atoms with E-state index in [-0.39, 0.29) is 39.2 Å². The molecule has 0 atom stereocenters. The van der Waals surface area contributed by atoms with E-state index in [1.165, 1.54) is 93.8 Å². The van der Waals surface area contributed by atoms with Crippen LogP contribution in [0.15, 0.2) is 309 Å². The lowest BCUT2D eigenvalue weighted by atomic mass is 9.33. The molecule has 1 aromatic heterocycles. The predicted molar refractivity (Wildman–Crippen MR) is 441 cm³/mol. The first kappa shape index (κ1) is 66.7. The van der Waals surface area contributed by atoms with Gasteiger partial charge in [0.15, 0.2) is 0 Å². The van der Waals surface area contributed by atoms with Crippen LogP contribution in [0.5, 0.6) is 0 Å². The van der Waals surface area contributed by atoms with Crippen LogP contribution in [-0.4, -0.2) is 11.3 Å². The molecular formula is C98H93BN4. The van der Waals surface area contributed by atoms with Gasteiger partial charge in [0.25, 0.3) is 6.71 Å². The summed E-state index contributed by atoms with van der Waals surface area (Å²) >= 11 is 0. The van der Waals surface area contributed by atoms with E-state index in [0.717, 1.165) is 56.9 Å². The van der Waals surface area contributed by atoms with Crippen molar-refractivity contribution in [3.63, 3.8) is 0 Å². The highest BCUT2D eigenvalue weighted by atomic mass is 15.2. The van der Waals surface area contributed by atoms with E-state index in [0.29, 0.717) is 0 Å². The molecule has 5 heteroatoms. The van der Waals surface area contributed by atoms with E-state index in [4.69, 9.17) is 0 Å². The summed E-state index contributed by atoms with van der Waals surface area (Å²) in [7, 11) is 0. The lowest BCUT2D eigenvalue weighted by Gasteiger charge is -2.46. The van der Waals surface area contributed by atoms with E-state index < -0.39 is 0 Å². The Bertz CT molecular complexity index is 5190. The minimum absolute atomic E-state index is 0.00901. The first-order chi connectivity index (χ1) is 49.4. The number of fused-ring (bicyclic) bond motifs is 7. The summed E-state index contributed by atoms with van der Waals surface area (Å²) in [4.78, 5) is 7.69. The van der Waals surface area contributed by atoms with Crippen LogP contribution in [0.25, 0.3) is 27.5 Å². The molecule has 3 heterocycles. The van der Waals surface area contributed by atoms with Crippen molar-refractivity contribution in [2.24, 2.45) is 0 Å². The van der Waals surface area contributed by atoms with Gasteiger partial charge in [-0.05, 0) is 192 Å². The summed E-state index contributed by atoms with van der Waals surface area (Å²) in [5.41, 5.74) is 28.9. The van der Waals surface area contributed by atoms with Crippen molar-refractivity contribution in [1.29, 1.82) is 0 Å². The van der Waals surface area contributed by atoms with Crippen LogP contribution in [0.1, 0.15) is 153 Å². The second-order valence-corrected chi connectivity index (χ2v) is 33.1. The van der Waals surface area contributed by atoms with E-state index in [1.54, 1.807) is 0 Å². The molecule has 16 rings (SSSR count). The summed E-state index contributed by atoms with van der Waals surface area (Å²) in [6, 6.07) is 118. The van der Waals surface area contributed by atoms with Gasteiger partial charge in [-0.3, -0.25) is 0 Å². The molecule has 2 aliphatic rings. The quantitative estimate of drug-likeness (QED) is 0.101.